The van der Waals surface area contributed by atoms with E-state index < -0.39 is 0 Å². The zero-order valence-electron chi connectivity index (χ0n) is 6.85. The van der Waals surface area contributed by atoms with Crippen LogP contribution in [0.15, 0.2) is 0 Å². The Labute approximate surface area is 79.6 Å². The molecule has 67 valence electrons. The Morgan fingerprint density at radius 1 is 0.455 bits per heavy atom. The molecule has 0 aromatic rings. The van der Waals surface area contributed by atoms with E-state index in [9.17, 15) is 0 Å². The number of rotatable bonds is 0. The maximum atomic E-state index is 1.60. The second kappa shape index (κ2) is 2.78. The van der Waals surface area contributed by atoms with Crippen LogP contribution in [-0.2, 0) is 17.1 Å². The Hall–Kier alpha value is 0.519. The van der Waals surface area contributed by atoms with E-state index in [1.165, 1.54) is 23.7 Å². The molecule has 0 saturated heterocycles. The van der Waals surface area contributed by atoms with Crippen molar-refractivity contribution in [3.8, 4) is 0 Å². The topological polar surface area (TPSA) is 0 Å². The maximum absolute atomic E-state index is 1.60. The number of hydrogen-bond donors (Lipinski definition) is 0. The summed E-state index contributed by atoms with van der Waals surface area (Å²) in [5, 5.41) is 0. The van der Waals surface area contributed by atoms with Crippen LogP contribution in [0.5, 0.6) is 0 Å². The second-order valence-corrected chi connectivity index (χ2v) is 4.88. The predicted octanol–water partition coefficient (Wildman–Crippen LogP) is 2.83. The molecule has 4 bridgehead atoms. The Morgan fingerprint density at radius 3 is 0.818 bits per heavy atom. The first kappa shape index (κ1) is 8.13. The van der Waals surface area contributed by atoms with E-state index in [0.717, 1.165) is 0 Å². The fourth-order valence-electron chi connectivity index (χ4n) is 3.98. The van der Waals surface area contributed by atoms with Crippen molar-refractivity contribution < 1.29 is 17.1 Å². The average molecular weight is 200 g/mol. The van der Waals surface area contributed by atoms with Crippen molar-refractivity contribution in [3.63, 3.8) is 0 Å². The van der Waals surface area contributed by atoms with Gasteiger partial charge < -0.3 is 0 Å². The minimum absolute atomic E-state index is 0. The van der Waals surface area contributed by atoms with Crippen molar-refractivity contribution in [3.05, 3.63) is 0 Å². The molecule has 4 saturated carbocycles. The molecule has 4 fully saturated rings. The molecular weight excluding hydrogens is 184 g/mol. The van der Waals surface area contributed by atoms with Crippen molar-refractivity contribution in [2.24, 2.45) is 23.7 Å². The van der Waals surface area contributed by atoms with E-state index >= 15 is 0 Å². The van der Waals surface area contributed by atoms with Crippen LogP contribution >= 0.6 is 0 Å². The molecule has 0 aromatic carbocycles. The Kier molecular flexibility index (Phi) is 2.06. The number of hydrogen-bond acceptors (Lipinski definition) is 0. The van der Waals surface area contributed by atoms with Gasteiger partial charge in [-0.15, -0.1) is 0 Å². The van der Waals surface area contributed by atoms with Gasteiger partial charge in [0.25, 0.3) is 0 Å². The summed E-state index contributed by atoms with van der Waals surface area (Å²) in [6.07, 6.45) is 9.62. The molecule has 4 rings (SSSR count). The van der Waals surface area contributed by atoms with Gasteiger partial charge in [-0.25, -0.2) is 0 Å². The van der Waals surface area contributed by atoms with Gasteiger partial charge in [-0.05, 0) is 62.2 Å². The van der Waals surface area contributed by atoms with E-state index in [1.807, 2.05) is 0 Å². The van der Waals surface area contributed by atoms with E-state index in [1.54, 1.807) is 38.5 Å². The fraction of sp³-hybridized carbons (Fsp3) is 1.00. The van der Waals surface area contributed by atoms with E-state index in [0.29, 0.717) is 0 Å². The molecule has 0 nitrogen and oxygen atoms in total. The van der Waals surface area contributed by atoms with Crippen LogP contribution < -0.4 is 0 Å². The summed E-state index contributed by atoms with van der Waals surface area (Å²) in [6.45, 7) is 0. The molecule has 0 spiro atoms. The molecule has 4 aliphatic rings. The molecule has 0 N–H and O–H groups in total. The first-order valence-electron chi connectivity index (χ1n) is 4.90. The van der Waals surface area contributed by atoms with Gasteiger partial charge >= 0.3 is 0 Å². The van der Waals surface area contributed by atoms with Gasteiger partial charge in [0, 0.05) is 17.1 Å². The standard InChI is InChI=1S/C10H16.Cu/c1-7-2-9-4-8(1)5-10(3-7)6-9;/h7-10H,1-6H2;. The van der Waals surface area contributed by atoms with Crippen LogP contribution in [0.1, 0.15) is 38.5 Å². The molecule has 11 heavy (non-hydrogen) atoms. The average Bonchev–Trinajstić information content (AvgIpc) is 1.82. The zero-order valence-corrected chi connectivity index (χ0v) is 7.80. The van der Waals surface area contributed by atoms with Gasteiger partial charge in [0.05, 0.1) is 0 Å². The maximum Gasteiger partial charge on any atom is 0 e. The first-order valence-corrected chi connectivity index (χ1v) is 4.90. The molecule has 0 amide bonds. The minimum Gasteiger partial charge on any atom is -0.0475 e. The SMILES string of the molecule is C1C2CC3CC1CC(C2)C3.[Cu]. The van der Waals surface area contributed by atoms with Gasteiger partial charge in [0.15, 0.2) is 0 Å². The summed E-state index contributed by atoms with van der Waals surface area (Å²) in [4.78, 5) is 0. The summed E-state index contributed by atoms with van der Waals surface area (Å²) in [7, 11) is 0. The van der Waals surface area contributed by atoms with Gasteiger partial charge in [0.1, 0.15) is 0 Å². The molecule has 4 aliphatic carbocycles. The fourth-order valence-corrected chi connectivity index (χ4v) is 3.98. The molecule has 0 aliphatic heterocycles. The third-order valence-corrected chi connectivity index (χ3v) is 4.00. The monoisotopic (exact) mass is 199 g/mol. The van der Waals surface area contributed by atoms with Crippen LogP contribution in [0, 0.1) is 23.7 Å². The minimum atomic E-state index is 0. The summed E-state index contributed by atoms with van der Waals surface area (Å²) < 4.78 is 0. The van der Waals surface area contributed by atoms with Gasteiger partial charge in [-0.3, -0.25) is 0 Å². The van der Waals surface area contributed by atoms with E-state index in [2.05, 4.69) is 0 Å². The molecule has 0 heterocycles. The molecule has 1 heteroatoms. The Bertz CT molecular complexity index is 96.4. The second-order valence-electron chi connectivity index (χ2n) is 4.88. The van der Waals surface area contributed by atoms with Crippen molar-refractivity contribution in [2.45, 2.75) is 38.5 Å². The van der Waals surface area contributed by atoms with Crippen molar-refractivity contribution in [1.29, 1.82) is 0 Å². The predicted molar refractivity (Wildman–Crippen MR) is 41.7 cm³/mol. The van der Waals surface area contributed by atoms with Gasteiger partial charge in [-0.2, -0.15) is 0 Å². The normalized spacial score (nSPS) is 52.4. The van der Waals surface area contributed by atoms with Crippen molar-refractivity contribution in [1.82, 2.24) is 0 Å². The van der Waals surface area contributed by atoms with Crippen LogP contribution in [0.4, 0.5) is 0 Å². The van der Waals surface area contributed by atoms with E-state index in [-0.39, 0.29) is 17.1 Å². The molecule has 0 atom stereocenters. The quantitative estimate of drug-likeness (QED) is 0.527. The molecule has 0 unspecified atom stereocenters. The van der Waals surface area contributed by atoms with Gasteiger partial charge in [0.2, 0.25) is 0 Å². The Balaban J connectivity index is 0.000000480. The smallest absolute Gasteiger partial charge is 0 e. The summed E-state index contributed by atoms with van der Waals surface area (Å²) in [5.41, 5.74) is 0. The van der Waals surface area contributed by atoms with Crippen molar-refractivity contribution >= 4 is 0 Å². The van der Waals surface area contributed by atoms with Crippen LogP contribution in [-0.4, -0.2) is 0 Å². The van der Waals surface area contributed by atoms with E-state index in [4.69, 9.17) is 0 Å². The molecule has 1 radical (unpaired) electrons. The molecule has 0 aromatic heterocycles. The zero-order chi connectivity index (χ0) is 6.55. The van der Waals surface area contributed by atoms with Crippen LogP contribution in [0.2, 0.25) is 0 Å². The first-order chi connectivity index (χ1) is 4.90. The Morgan fingerprint density at radius 2 is 0.636 bits per heavy atom. The molecular formula is C10H16Cu. The largest absolute Gasteiger partial charge is 0.0475 e. The summed E-state index contributed by atoms with van der Waals surface area (Å²) in [5.74, 6) is 4.71. The third-order valence-electron chi connectivity index (χ3n) is 4.00. The van der Waals surface area contributed by atoms with Crippen LogP contribution in [0.25, 0.3) is 0 Å². The summed E-state index contributed by atoms with van der Waals surface area (Å²) in [6, 6.07) is 0. The van der Waals surface area contributed by atoms with Crippen LogP contribution in [0.3, 0.4) is 0 Å². The van der Waals surface area contributed by atoms with Crippen molar-refractivity contribution in [2.75, 3.05) is 0 Å². The third kappa shape index (κ3) is 1.27. The summed E-state index contributed by atoms with van der Waals surface area (Å²) >= 11 is 0. The van der Waals surface area contributed by atoms with Gasteiger partial charge in [-0.1, -0.05) is 0 Å².